The highest BCUT2D eigenvalue weighted by Gasteiger charge is 2.44. The lowest BCUT2D eigenvalue weighted by atomic mass is 9.86. The predicted molar refractivity (Wildman–Crippen MR) is 317 cm³/mol. The average Bonchev–Trinajstić information content (AvgIpc) is 3.87. The van der Waals surface area contributed by atoms with Crippen LogP contribution in [0.25, 0.3) is 35.4 Å². The van der Waals surface area contributed by atoms with E-state index in [1.807, 2.05) is 231 Å². The fraction of sp³-hybridized carbons (Fsp3) is 0.147. The fourth-order valence-corrected chi connectivity index (χ4v) is 11.9. The van der Waals surface area contributed by atoms with Gasteiger partial charge in [0.1, 0.15) is 12.1 Å². The molecule has 0 radical (unpaired) electrons. The molecule has 406 valence electrons. The van der Waals surface area contributed by atoms with Crippen molar-refractivity contribution in [2.45, 2.75) is 23.9 Å². The SMILES string of the molecule is O=C(O)[C@@H]1CN(C(=O)N2c3ccccc3C=Cc3ccccc32)CCN1C(=O)C(c1ccccc1)c1cccc(-c2cccc(C(C(=O)N3CCN(C(=O)N4c5ccccc5C=Cc5ccccc54)[C@H](C(=O)O)C3)c3ccccc3)c2)c1. The van der Waals surface area contributed by atoms with Crippen molar-refractivity contribution in [2.75, 3.05) is 49.1 Å². The summed E-state index contributed by atoms with van der Waals surface area (Å²) in [6.45, 7) is -0.389. The summed E-state index contributed by atoms with van der Waals surface area (Å²) in [5, 5.41) is 21.7. The largest absolute Gasteiger partial charge is 0.480 e. The van der Waals surface area contributed by atoms with Gasteiger partial charge < -0.3 is 29.8 Å². The van der Waals surface area contributed by atoms with E-state index in [-0.39, 0.29) is 45.2 Å². The summed E-state index contributed by atoms with van der Waals surface area (Å²) in [5.41, 5.74) is 9.87. The number of nitrogens with zero attached hydrogens (tertiary/aromatic N) is 6. The number of carbonyl (C=O) groups is 6. The van der Waals surface area contributed by atoms with Crippen molar-refractivity contribution in [3.8, 4) is 11.1 Å². The van der Waals surface area contributed by atoms with Crippen LogP contribution in [0.1, 0.15) is 56.3 Å². The molecule has 8 aromatic carbocycles. The Morgan fingerprint density at radius 2 is 0.707 bits per heavy atom. The summed E-state index contributed by atoms with van der Waals surface area (Å²) < 4.78 is 0. The zero-order valence-corrected chi connectivity index (χ0v) is 44.5. The van der Waals surface area contributed by atoms with E-state index in [1.54, 1.807) is 14.7 Å². The van der Waals surface area contributed by atoms with E-state index in [9.17, 15) is 29.4 Å². The number of rotatable bonds is 9. The number of amides is 6. The monoisotopic (exact) mass is 1080 g/mol. The van der Waals surface area contributed by atoms with Gasteiger partial charge in [0.25, 0.3) is 0 Å². The number of benzene rings is 8. The molecule has 4 heterocycles. The Kier molecular flexibility index (Phi) is 14.3. The van der Waals surface area contributed by atoms with Gasteiger partial charge in [-0.2, -0.15) is 0 Å². The van der Waals surface area contributed by atoms with Crippen LogP contribution in [-0.4, -0.2) is 117 Å². The van der Waals surface area contributed by atoms with E-state index < -0.39 is 53.8 Å². The normalized spacial score (nSPS) is 17.0. The minimum absolute atomic E-state index is 0.0331. The second-order valence-electron chi connectivity index (χ2n) is 20.7. The molecule has 2 N–H and O–H groups in total. The maximum atomic E-state index is 15.3. The third-order valence-electron chi connectivity index (χ3n) is 16.0. The highest BCUT2D eigenvalue weighted by Crippen LogP contribution is 2.41. The number of anilines is 4. The van der Waals surface area contributed by atoms with Gasteiger partial charge in [0.05, 0.1) is 47.7 Å². The molecule has 0 aromatic heterocycles. The minimum Gasteiger partial charge on any atom is -0.480 e. The second-order valence-corrected chi connectivity index (χ2v) is 20.7. The summed E-state index contributed by atoms with van der Waals surface area (Å²) in [7, 11) is 0. The Bertz CT molecular complexity index is 3770. The number of hydrogen-bond acceptors (Lipinski definition) is 6. The van der Waals surface area contributed by atoms with E-state index in [0.29, 0.717) is 45.0 Å². The lowest BCUT2D eigenvalue weighted by Gasteiger charge is -2.42. The first-order valence-corrected chi connectivity index (χ1v) is 27.3. The Morgan fingerprint density at radius 1 is 0.354 bits per heavy atom. The van der Waals surface area contributed by atoms with Gasteiger partial charge in [-0.15, -0.1) is 0 Å². The molecule has 4 aliphatic heterocycles. The zero-order chi connectivity index (χ0) is 56.4. The van der Waals surface area contributed by atoms with Crippen LogP contribution in [0.5, 0.6) is 0 Å². The lowest BCUT2D eigenvalue weighted by molar-refractivity contribution is -0.153. The average molecular weight is 1090 g/mol. The van der Waals surface area contributed by atoms with Crippen molar-refractivity contribution in [3.63, 3.8) is 0 Å². The second kappa shape index (κ2) is 22.4. The molecule has 0 spiro atoms. The predicted octanol–water partition coefficient (Wildman–Crippen LogP) is 11.7. The molecule has 2 unspecified atom stereocenters. The van der Waals surface area contributed by atoms with Gasteiger partial charge in [-0.1, -0.05) is 206 Å². The molecule has 6 amide bonds. The molecule has 0 aliphatic carbocycles. The number of para-hydroxylation sites is 4. The number of fused-ring (bicyclic) bond motifs is 4. The van der Waals surface area contributed by atoms with Crippen molar-refractivity contribution in [3.05, 3.63) is 251 Å². The maximum absolute atomic E-state index is 15.3. The van der Waals surface area contributed by atoms with Crippen molar-refractivity contribution in [1.82, 2.24) is 19.6 Å². The third kappa shape index (κ3) is 9.95. The molecular weight excluding hydrogens is 1030 g/mol. The highest BCUT2D eigenvalue weighted by atomic mass is 16.4. The molecular formula is C68H56N6O8. The molecule has 82 heavy (non-hydrogen) atoms. The molecule has 12 rings (SSSR count). The topological polar surface area (TPSA) is 162 Å². The number of urea groups is 2. The van der Waals surface area contributed by atoms with Crippen LogP contribution in [0.4, 0.5) is 32.3 Å². The molecule has 14 nitrogen and oxygen atoms in total. The highest BCUT2D eigenvalue weighted by molar-refractivity contribution is 6.08. The first kappa shape index (κ1) is 52.4. The van der Waals surface area contributed by atoms with Crippen LogP contribution in [0.3, 0.4) is 0 Å². The number of carbonyl (C=O) groups excluding carboxylic acids is 4. The van der Waals surface area contributed by atoms with E-state index >= 15 is 9.59 Å². The number of hydrogen-bond donors (Lipinski definition) is 2. The fourth-order valence-electron chi connectivity index (χ4n) is 11.9. The van der Waals surface area contributed by atoms with Gasteiger partial charge in [0.2, 0.25) is 11.8 Å². The summed E-state index contributed by atoms with van der Waals surface area (Å²) in [6.07, 6.45) is 7.79. The van der Waals surface area contributed by atoms with Crippen molar-refractivity contribution in [2.24, 2.45) is 0 Å². The Balaban J connectivity index is 0.819. The first-order chi connectivity index (χ1) is 40.0. The van der Waals surface area contributed by atoms with Gasteiger partial charge >= 0.3 is 24.0 Å². The number of aliphatic carboxylic acids is 2. The van der Waals surface area contributed by atoms with Gasteiger partial charge in [0, 0.05) is 26.2 Å². The van der Waals surface area contributed by atoms with Gasteiger partial charge in [-0.25, -0.2) is 19.2 Å². The molecule has 2 saturated heterocycles. The van der Waals surface area contributed by atoms with Crippen LogP contribution >= 0.6 is 0 Å². The molecule has 4 atom stereocenters. The summed E-state index contributed by atoms with van der Waals surface area (Å²) >= 11 is 0. The standard InChI is InChI=1S/C68H56N6O8/c75-63(69-37-40-72(60(43-69)66(79)80)68(82)74-57-31-13-9-19-47(57)35-36-48-20-10-14-32-58(48)74)61(49-21-3-1-4-22-49)53-27-15-25-51(41-53)52-26-16-28-54(42-52)62(50-23-5-2-6-24-50)64(76)71-39-38-70(44-59(71)65(77)78)67(81)73-55-29-11-7-17-45(55)33-34-46-18-8-12-30-56(46)73/h1-36,41-42,59-62H,37-40,43-44H2,(H,77,78)(H,79,80)/t59-,60-,61?,62?/m0/s1. The first-order valence-electron chi connectivity index (χ1n) is 27.3. The molecule has 8 aromatic rings. The maximum Gasteiger partial charge on any atom is 0.330 e. The minimum atomic E-state index is -1.36. The molecule has 0 saturated carbocycles. The van der Waals surface area contributed by atoms with Crippen molar-refractivity contribution < 1.29 is 39.0 Å². The molecule has 14 heteroatoms. The lowest BCUT2D eigenvalue weighted by Crippen LogP contribution is -2.61. The quantitative estimate of drug-likeness (QED) is 0.144. The third-order valence-corrected chi connectivity index (χ3v) is 16.0. The van der Waals surface area contributed by atoms with Crippen LogP contribution in [0.15, 0.2) is 206 Å². The van der Waals surface area contributed by atoms with E-state index in [4.69, 9.17) is 0 Å². The van der Waals surface area contributed by atoms with E-state index in [2.05, 4.69) is 0 Å². The molecule has 0 bridgehead atoms. The zero-order valence-electron chi connectivity index (χ0n) is 44.5. The Hall–Kier alpha value is -10.3. The number of piperazine rings is 2. The van der Waals surface area contributed by atoms with Crippen molar-refractivity contribution >= 4 is 82.9 Å². The Morgan fingerprint density at radius 3 is 1.16 bits per heavy atom. The number of carboxylic acids is 2. The number of carboxylic acid groups (broad SMARTS) is 2. The summed E-state index contributed by atoms with van der Waals surface area (Å²) in [4.78, 5) is 95.7. The van der Waals surface area contributed by atoms with Crippen LogP contribution in [0, 0.1) is 0 Å². The van der Waals surface area contributed by atoms with Crippen LogP contribution in [-0.2, 0) is 19.2 Å². The van der Waals surface area contributed by atoms with E-state index in [0.717, 1.165) is 33.4 Å². The summed E-state index contributed by atoms with van der Waals surface area (Å²) in [5.74, 6) is -5.03. The van der Waals surface area contributed by atoms with Gasteiger partial charge in [0.15, 0.2) is 0 Å². The van der Waals surface area contributed by atoms with Crippen molar-refractivity contribution in [1.29, 1.82) is 0 Å². The van der Waals surface area contributed by atoms with Crippen LogP contribution < -0.4 is 9.80 Å². The molecule has 4 aliphatic rings. The van der Waals surface area contributed by atoms with E-state index in [1.165, 1.54) is 14.7 Å². The Labute approximate surface area is 474 Å². The van der Waals surface area contributed by atoms with Crippen LogP contribution in [0.2, 0.25) is 0 Å². The molecule has 2 fully saturated rings. The van der Waals surface area contributed by atoms with Gasteiger partial charge in [-0.05, 0) is 79.9 Å². The smallest absolute Gasteiger partial charge is 0.330 e. The van der Waals surface area contributed by atoms with Gasteiger partial charge in [-0.3, -0.25) is 19.4 Å². The summed E-state index contributed by atoms with van der Waals surface area (Å²) in [6, 6.07) is 60.0.